The van der Waals surface area contributed by atoms with Gasteiger partial charge in [0.15, 0.2) is 17.5 Å². The van der Waals surface area contributed by atoms with E-state index in [4.69, 9.17) is 29.7 Å². The molecule has 8 bridgehead atoms. The molecule has 9 N–H and O–H groups in total. The molecule has 4 fully saturated rings. The number of aliphatic imine (C=N–C) groups is 1. The van der Waals surface area contributed by atoms with Crippen LogP contribution in [0.3, 0.4) is 0 Å². The molecular formula is C64H89N3O10. The third kappa shape index (κ3) is 10.4. The predicted molar refractivity (Wildman–Crippen MR) is 299 cm³/mol. The fraction of sp³-hybridized carbons (Fsp3) is 0.672. The number of benzene rings is 3. The first kappa shape index (κ1) is 54.4. The molecule has 13 nitrogen and oxygen atoms in total. The number of aliphatic hydroxyl groups excluding tert-OH is 3. The molecule has 14 rings (SSSR count). The molecule has 6 heterocycles. The molecular weight excluding hydrogens is 971 g/mol. The average Bonchev–Trinajstić information content (AvgIpc) is 4.14. The van der Waals surface area contributed by atoms with E-state index in [0.29, 0.717) is 98.2 Å². The molecule has 13 heteroatoms. The van der Waals surface area contributed by atoms with Crippen LogP contribution in [0.5, 0.6) is 28.7 Å². The fourth-order valence-electron chi connectivity index (χ4n) is 16.9. The normalized spacial score (nSPS) is 35.0. The highest BCUT2D eigenvalue weighted by Crippen LogP contribution is 2.64. The van der Waals surface area contributed by atoms with Crippen LogP contribution < -0.4 is 25.3 Å². The number of nitrogens with zero attached hydrogens (tertiary/aromatic N) is 1. The Balaban J connectivity index is 1.00. The first-order valence-corrected chi connectivity index (χ1v) is 29.9. The minimum absolute atomic E-state index is 0.00255. The van der Waals surface area contributed by atoms with Crippen molar-refractivity contribution in [3.8, 4) is 39.9 Å². The maximum Gasteiger partial charge on any atom is 0.188 e. The largest absolute Gasteiger partial charge is 0.508 e. The van der Waals surface area contributed by atoms with Gasteiger partial charge >= 0.3 is 0 Å². The lowest BCUT2D eigenvalue weighted by atomic mass is 9.57. The molecule has 3 saturated carbocycles. The molecule has 420 valence electrons. The highest BCUT2D eigenvalue weighted by Gasteiger charge is 2.59. The Labute approximate surface area is 457 Å². The SMILES string of the molecule is CCC1CC2C=CC1CC(O)CC1(CCCC13CCOC(C1(O)CCCC1)C3)CN=C(N)NCCC1C(CO)CCCC1Oc1cc(ccc1O)C1Oc3cc(OC)c4c(c3CC1O)C2Cc1cc(O)c(CC(C)C)cc1-4. The summed E-state index contributed by atoms with van der Waals surface area (Å²) in [6.07, 6.45) is 18.1. The van der Waals surface area contributed by atoms with Gasteiger partial charge in [-0.3, -0.25) is 4.99 Å². The number of ether oxygens (including phenoxy) is 4. The molecule has 13 unspecified atom stereocenters. The van der Waals surface area contributed by atoms with Gasteiger partial charge in [-0.1, -0.05) is 64.7 Å². The summed E-state index contributed by atoms with van der Waals surface area (Å²) < 4.78 is 26.7. The number of phenols is 2. The molecule has 0 aromatic heterocycles. The van der Waals surface area contributed by atoms with E-state index < -0.39 is 23.9 Å². The summed E-state index contributed by atoms with van der Waals surface area (Å²) in [7, 11) is 1.71. The number of methoxy groups -OCH3 is 1. The standard InChI is InChI=1S/C64H89N3O10/c1-5-38-25-40-13-12-39(38)26-45(69)33-63(18-9-17-62(63)21-23-75-57(34-62)64(73)19-6-7-20-64)36-67-61(65)66-22-16-46-42(35-68)10-8-11-53(46)76-55-30-41(14-15-50(55)70)60-52(72)31-49-54(77-60)32-56(74-4)59-48-28-44(24-37(2)3)51(71)29-43(48)27-47(40)58(49)59/h12-15,28-30,32,37-40,42,45-47,52-53,57,60,68-73H,5-11,16-27,31,33-36H2,1-4H3,(H3,65,66,67). The third-order valence-corrected chi connectivity index (χ3v) is 20.9. The minimum atomic E-state index is -0.924. The number of hydrogen-bond acceptors (Lipinski definition) is 13. The van der Waals surface area contributed by atoms with Gasteiger partial charge in [0, 0.05) is 55.8 Å². The molecule has 6 aliphatic heterocycles. The molecule has 0 radical (unpaired) electrons. The number of nitrogens with one attached hydrogen (secondary N) is 1. The first-order valence-electron chi connectivity index (χ1n) is 29.9. The molecule has 3 aromatic carbocycles. The van der Waals surface area contributed by atoms with Crippen molar-refractivity contribution in [2.24, 2.45) is 57.1 Å². The van der Waals surface area contributed by atoms with E-state index in [9.17, 15) is 30.6 Å². The second-order valence-corrected chi connectivity index (χ2v) is 25.8. The summed E-state index contributed by atoms with van der Waals surface area (Å²) >= 11 is 0. The number of allylic oxidation sites excluding steroid dienone is 2. The number of nitrogens with two attached hydrogens (primary N) is 1. The van der Waals surface area contributed by atoms with Gasteiger partial charge in [0.05, 0.1) is 31.0 Å². The zero-order chi connectivity index (χ0) is 53.8. The summed E-state index contributed by atoms with van der Waals surface area (Å²) in [5.41, 5.74) is 12.3. The van der Waals surface area contributed by atoms with Gasteiger partial charge in [0.25, 0.3) is 0 Å². The number of hydrogen-bond donors (Lipinski definition) is 8. The molecule has 0 amide bonds. The Morgan fingerprint density at radius 1 is 0.844 bits per heavy atom. The molecule has 11 aliphatic rings. The van der Waals surface area contributed by atoms with Crippen molar-refractivity contribution in [2.45, 2.75) is 191 Å². The summed E-state index contributed by atoms with van der Waals surface area (Å²) in [6, 6.07) is 11.4. The van der Waals surface area contributed by atoms with Crippen LogP contribution in [0.4, 0.5) is 0 Å². The zero-order valence-corrected chi connectivity index (χ0v) is 46.4. The topological polar surface area (TPSA) is 209 Å². The molecule has 3 aromatic rings. The summed E-state index contributed by atoms with van der Waals surface area (Å²) in [5.74, 6) is 3.18. The van der Waals surface area contributed by atoms with E-state index in [1.165, 1.54) is 0 Å². The summed E-state index contributed by atoms with van der Waals surface area (Å²) in [4.78, 5) is 5.18. The predicted octanol–water partition coefficient (Wildman–Crippen LogP) is 10.1. The second-order valence-electron chi connectivity index (χ2n) is 25.8. The van der Waals surface area contributed by atoms with Gasteiger partial charge < -0.3 is 60.6 Å². The van der Waals surface area contributed by atoms with Crippen molar-refractivity contribution in [3.05, 3.63) is 76.4 Å². The van der Waals surface area contributed by atoms with Gasteiger partial charge in [-0.25, -0.2) is 0 Å². The van der Waals surface area contributed by atoms with Crippen LogP contribution in [-0.4, -0.2) is 100 Å². The van der Waals surface area contributed by atoms with Crippen molar-refractivity contribution in [1.29, 1.82) is 0 Å². The fourth-order valence-corrected chi connectivity index (χ4v) is 16.9. The van der Waals surface area contributed by atoms with Crippen LogP contribution >= 0.6 is 0 Å². The summed E-state index contributed by atoms with van der Waals surface area (Å²) in [6.45, 7) is 8.20. The van der Waals surface area contributed by atoms with Crippen molar-refractivity contribution in [1.82, 2.24) is 5.32 Å². The van der Waals surface area contributed by atoms with Crippen LogP contribution in [-0.2, 0) is 24.0 Å². The van der Waals surface area contributed by atoms with Crippen LogP contribution in [0, 0.1) is 46.3 Å². The number of aliphatic hydroxyl groups is 4. The molecule has 13 atom stereocenters. The van der Waals surface area contributed by atoms with E-state index in [0.717, 1.165) is 130 Å². The second kappa shape index (κ2) is 22.2. The van der Waals surface area contributed by atoms with Gasteiger partial charge in [0.1, 0.15) is 29.5 Å². The number of fused-ring (bicyclic) bond motifs is 2. The third-order valence-electron chi connectivity index (χ3n) is 20.9. The maximum absolute atomic E-state index is 12.7. The van der Waals surface area contributed by atoms with E-state index in [1.54, 1.807) is 19.2 Å². The van der Waals surface area contributed by atoms with Gasteiger partial charge in [-0.15, -0.1) is 0 Å². The Hall–Kier alpha value is -4.53. The van der Waals surface area contributed by atoms with E-state index in [-0.39, 0.29) is 65.0 Å². The quantitative estimate of drug-likeness (QED) is 0.109. The van der Waals surface area contributed by atoms with Crippen LogP contribution in [0.25, 0.3) is 11.1 Å². The molecule has 77 heavy (non-hydrogen) atoms. The number of phenolic OH excluding ortho intramolecular Hbond substituents is 2. The van der Waals surface area contributed by atoms with E-state index >= 15 is 0 Å². The van der Waals surface area contributed by atoms with Gasteiger partial charge in [-0.05, 0) is 195 Å². The van der Waals surface area contributed by atoms with Crippen molar-refractivity contribution < 1.29 is 49.6 Å². The Kier molecular flexibility index (Phi) is 15.7. The minimum Gasteiger partial charge on any atom is -0.508 e. The number of guanidine groups is 1. The van der Waals surface area contributed by atoms with Crippen molar-refractivity contribution >= 4 is 5.96 Å². The number of rotatable bonds is 6. The van der Waals surface area contributed by atoms with E-state index in [1.807, 2.05) is 18.2 Å². The van der Waals surface area contributed by atoms with Crippen molar-refractivity contribution in [2.75, 3.05) is 33.4 Å². The molecule has 1 saturated heterocycles. The first-order chi connectivity index (χ1) is 37.1. The lowest BCUT2D eigenvalue weighted by molar-refractivity contribution is -0.174. The highest BCUT2D eigenvalue weighted by molar-refractivity contribution is 5.84. The van der Waals surface area contributed by atoms with Gasteiger partial charge in [0.2, 0.25) is 0 Å². The molecule has 5 aliphatic carbocycles. The Bertz CT molecular complexity index is 2670. The monoisotopic (exact) mass is 1060 g/mol. The number of aromatic hydroxyl groups is 2. The molecule has 2 spiro atoms. The Morgan fingerprint density at radius 2 is 1.65 bits per heavy atom. The van der Waals surface area contributed by atoms with Crippen LogP contribution in [0.15, 0.2) is 53.5 Å². The van der Waals surface area contributed by atoms with Crippen LogP contribution in [0.2, 0.25) is 0 Å². The lowest BCUT2D eigenvalue weighted by Crippen LogP contribution is -2.54. The van der Waals surface area contributed by atoms with E-state index in [2.05, 4.69) is 44.3 Å². The van der Waals surface area contributed by atoms with Crippen LogP contribution in [0.1, 0.15) is 170 Å². The van der Waals surface area contributed by atoms with Crippen molar-refractivity contribution in [3.63, 3.8) is 0 Å². The summed E-state index contributed by atoms with van der Waals surface area (Å²) in [5, 5.41) is 74.2. The highest BCUT2D eigenvalue weighted by atomic mass is 16.5. The maximum atomic E-state index is 12.7. The van der Waals surface area contributed by atoms with Gasteiger partial charge in [-0.2, -0.15) is 0 Å². The Morgan fingerprint density at radius 3 is 2.43 bits per heavy atom. The average molecular weight is 1060 g/mol. The smallest absolute Gasteiger partial charge is 0.188 e. The zero-order valence-electron chi connectivity index (χ0n) is 46.4. The lowest BCUT2D eigenvalue weighted by Gasteiger charge is -2.53.